The van der Waals surface area contributed by atoms with Crippen LogP contribution in [0, 0.1) is 0 Å². The summed E-state index contributed by atoms with van der Waals surface area (Å²) < 4.78 is 18.3. The van der Waals surface area contributed by atoms with E-state index in [-0.39, 0.29) is 6.61 Å². The number of aromatic nitrogens is 2. The van der Waals surface area contributed by atoms with Gasteiger partial charge in [0.1, 0.15) is 18.9 Å². The second-order valence-electron chi connectivity index (χ2n) is 4.03. The van der Waals surface area contributed by atoms with Crippen LogP contribution < -0.4 is 10.1 Å². The van der Waals surface area contributed by atoms with Gasteiger partial charge in [0.2, 0.25) is 5.88 Å². The van der Waals surface area contributed by atoms with Crippen LogP contribution in [0.5, 0.6) is 5.88 Å². The first-order chi connectivity index (χ1) is 8.34. The Labute approximate surface area is 104 Å². The maximum Gasteiger partial charge on any atom is 0.245 e. The van der Waals surface area contributed by atoms with Crippen LogP contribution in [-0.2, 0) is 4.74 Å². The highest BCUT2D eigenvalue weighted by atomic mass is 32.1. The predicted molar refractivity (Wildman–Crippen MR) is 63.3 cm³/mol. The minimum atomic E-state index is -0.543. The molecule has 2 heterocycles. The minimum absolute atomic E-state index is 0.228. The van der Waals surface area contributed by atoms with Crippen LogP contribution in [0.2, 0.25) is 0 Å². The average Bonchev–Trinajstić information content (AvgIpc) is 2.88. The van der Waals surface area contributed by atoms with Gasteiger partial charge in [-0.15, -0.1) is 4.37 Å². The number of aliphatic hydroxyl groups is 1. The van der Waals surface area contributed by atoms with Gasteiger partial charge < -0.3 is 19.9 Å². The third kappa shape index (κ3) is 4.55. The molecule has 1 aliphatic heterocycles. The zero-order valence-corrected chi connectivity index (χ0v) is 10.4. The van der Waals surface area contributed by atoms with Crippen molar-refractivity contribution in [1.29, 1.82) is 0 Å². The van der Waals surface area contributed by atoms with E-state index < -0.39 is 6.10 Å². The molecule has 0 bridgehead atoms. The summed E-state index contributed by atoms with van der Waals surface area (Å²) in [5.41, 5.74) is 0. The van der Waals surface area contributed by atoms with Crippen molar-refractivity contribution in [3.05, 3.63) is 6.20 Å². The van der Waals surface area contributed by atoms with Crippen LogP contribution in [0.25, 0.3) is 0 Å². The SMILES string of the molecule is OC(CNC1CCCOC1)COc1cnsn1. The van der Waals surface area contributed by atoms with Crippen molar-refractivity contribution in [3.8, 4) is 5.88 Å². The van der Waals surface area contributed by atoms with Crippen LogP contribution in [0.4, 0.5) is 0 Å². The normalized spacial score (nSPS) is 22.3. The van der Waals surface area contributed by atoms with Gasteiger partial charge in [0, 0.05) is 19.2 Å². The lowest BCUT2D eigenvalue weighted by Gasteiger charge is -2.24. The van der Waals surface area contributed by atoms with E-state index in [1.54, 1.807) is 6.20 Å². The van der Waals surface area contributed by atoms with Crippen molar-refractivity contribution in [2.45, 2.75) is 25.0 Å². The standard InChI is InChI=1S/C10H17N3O3S/c14-9(7-16-10-5-12-17-13-10)4-11-8-2-1-3-15-6-8/h5,8-9,11,14H,1-4,6-7H2. The van der Waals surface area contributed by atoms with Gasteiger partial charge in [0.25, 0.3) is 0 Å². The van der Waals surface area contributed by atoms with Crippen LogP contribution in [0.15, 0.2) is 6.20 Å². The van der Waals surface area contributed by atoms with Crippen molar-refractivity contribution in [3.63, 3.8) is 0 Å². The predicted octanol–water partition coefficient (Wildman–Crippen LogP) is 0.0464. The van der Waals surface area contributed by atoms with E-state index in [0.717, 1.165) is 37.8 Å². The lowest BCUT2D eigenvalue weighted by Crippen LogP contribution is -2.42. The van der Waals surface area contributed by atoms with Gasteiger partial charge in [-0.25, -0.2) is 0 Å². The van der Waals surface area contributed by atoms with Crippen molar-refractivity contribution < 1.29 is 14.6 Å². The van der Waals surface area contributed by atoms with Crippen LogP contribution in [0.3, 0.4) is 0 Å². The molecule has 2 atom stereocenters. The lowest BCUT2D eigenvalue weighted by atomic mass is 10.1. The average molecular weight is 259 g/mol. The summed E-state index contributed by atoms with van der Waals surface area (Å²) in [5.74, 6) is 0.468. The molecule has 7 heteroatoms. The molecule has 0 saturated carbocycles. The molecule has 1 fully saturated rings. The van der Waals surface area contributed by atoms with Gasteiger partial charge >= 0.3 is 0 Å². The summed E-state index contributed by atoms with van der Waals surface area (Å²) >= 11 is 1.09. The molecule has 6 nitrogen and oxygen atoms in total. The molecule has 2 rings (SSSR count). The Balaban J connectivity index is 1.58. The Bertz CT molecular complexity index is 304. The second kappa shape index (κ2) is 6.85. The number of hydrogen-bond acceptors (Lipinski definition) is 7. The van der Waals surface area contributed by atoms with Crippen molar-refractivity contribution >= 4 is 11.7 Å². The van der Waals surface area contributed by atoms with Crippen molar-refractivity contribution in [2.75, 3.05) is 26.4 Å². The fourth-order valence-corrected chi connectivity index (χ4v) is 2.03. The summed E-state index contributed by atoms with van der Waals surface area (Å²) in [6.07, 6.45) is 3.18. The Morgan fingerprint density at radius 3 is 3.35 bits per heavy atom. The molecule has 2 unspecified atom stereocenters. The summed E-state index contributed by atoms with van der Waals surface area (Å²) in [7, 11) is 0. The maximum absolute atomic E-state index is 9.71. The van der Waals surface area contributed by atoms with E-state index >= 15 is 0 Å². The van der Waals surface area contributed by atoms with E-state index in [9.17, 15) is 5.11 Å². The second-order valence-corrected chi connectivity index (χ2v) is 4.59. The van der Waals surface area contributed by atoms with E-state index in [0.29, 0.717) is 18.5 Å². The third-order valence-electron chi connectivity index (χ3n) is 2.57. The molecular formula is C10H17N3O3S. The molecule has 2 N–H and O–H groups in total. The van der Waals surface area contributed by atoms with E-state index in [4.69, 9.17) is 9.47 Å². The van der Waals surface area contributed by atoms with Crippen LogP contribution in [0.1, 0.15) is 12.8 Å². The van der Waals surface area contributed by atoms with Gasteiger partial charge in [0.15, 0.2) is 0 Å². The first-order valence-electron chi connectivity index (χ1n) is 5.74. The Kier molecular flexibility index (Phi) is 5.11. The van der Waals surface area contributed by atoms with Gasteiger partial charge in [-0.3, -0.25) is 0 Å². The molecule has 0 spiro atoms. The van der Waals surface area contributed by atoms with E-state index in [1.807, 2.05) is 0 Å². The Morgan fingerprint density at radius 1 is 1.71 bits per heavy atom. The molecule has 0 aromatic carbocycles. The van der Waals surface area contributed by atoms with Crippen LogP contribution >= 0.6 is 11.7 Å². The van der Waals surface area contributed by atoms with E-state index in [1.165, 1.54) is 0 Å². The zero-order chi connectivity index (χ0) is 11.9. The zero-order valence-electron chi connectivity index (χ0n) is 9.54. The summed E-state index contributed by atoms with van der Waals surface area (Å²) in [4.78, 5) is 0. The number of nitrogens with one attached hydrogen (secondary N) is 1. The highest BCUT2D eigenvalue weighted by Gasteiger charge is 2.15. The molecule has 0 amide bonds. The number of aliphatic hydroxyl groups excluding tert-OH is 1. The van der Waals surface area contributed by atoms with Crippen LogP contribution in [-0.4, -0.2) is 52.4 Å². The molecule has 0 radical (unpaired) electrons. The highest BCUT2D eigenvalue weighted by molar-refractivity contribution is 6.99. The fourth-order valence-electron chi connectivity index (χ4n) is 1.66. The molecule has 1 aromatic rings. The monoisotopic (exact) mass is 259 g/mol. The van der Waals surface area contributed by atoms with Crippen molar-refractivity contribution in [2.24, 2.45) is 0 Å². The maximum atomic E-state index is 9.71. The Morgan fingerprint density at radius 2 is 2.65 bits per heavy atom. The number of ether oxygens (including phenoxy) is 2. The summed E-state index contributed by atoms with van der Waals surface area (Å²) in [6, 6.07) is 0.347. The van der Waals surface area contributed by atoms with Gasteiger partial charge in [0.05, 0.1) is 18.3 Å². The quantitative estimate of drug-likeness (QED) is 0.751. The first-order valence-corrected chi connectivity index (χ1v) is 6.47. The minimum Gasteiger partial charge on any atom is -0.473 e. The van der Waals surface area contributed by atoms with Crippen molar-refractivity contribution in [1.82, 2.24) is 14.1 Å². The van der Waals surface area contributed by atoms with Gasteiger partial charge in [-0.05, 0) is 12.8 Å². The number of hydrogen-bond donors (Lipinski definition) is 2. The Hall–Kier alpha value is -0.760. The molecule has 1 aliphatic rings. The molecule has 17 heavy (non-hydrogen) atoms. The summed E-state index contributed by atoms with van der Waals surface area (Å²) in [5, 5.41) is 13.0. The first kappa shape index (κ1) is 12.7. The number of nitrogens with zero attached hydrogens (tertiary/aromatic N) is 2. The summed E-state index contributed by atoms with van der Waals surface area (Å²) in [6.45, 7) is 2.31. The third-order valence-corrected chi connectivity index (χ3v) is 3.03. The largest absolute Gasteiger partial charge is 0.473 e. The fraction of sp³-hybridized carbons (Fsp3) is 0.800. The van der Waals surface area contributed by atoms with E-state index in [2.05, 4.69) is 14.1 Å². The highest BCUT2D eigenvalue weighted by Crippen LogP contribution is 2.07. The smallest absolute Gasteiger partial charge is 0.245 e. The molecule has 1 aromatic heterocycles. The topological polar surface area (TPSA) is 76.5 Å². The molecule has 1 saturated heterocycles. The lowest BCUT2D eigenvalue weighted by molar-refractivity contribution is 0.0568. The molecule has 96 valence electrons. The van der Waals surface area contributed by atoms with Gasteiger partial charge in [-0.2, -0.15) is 4.37 Å². The number of rotatable bonds is 6. The molecule has 0 aliphatic carbocycles. The van der Waals surface area contributed by atoms with Gasteiger partial charge in [-0.1, -0.05) is 0 Å². The molecular weight excluding hydrogens is 242 g/mol.